The third kappa shape index (κ3) is 5.34. The Balaban J connectivity index is 1.92. The van der Waals surface area contributed by atoms with Gasteiger partial charge in [0.2, 0.25) is 0 Å². The molecule has 1 aromatic rings. The Hall–Kier alpha value is -3.10. The molecule has 0 bridgehead atoms. The van der Waals surface area contributed by atoms with Crippen molar-refractivity contribution in [3.05, 3.63) is 22.5 Å². The van der Waals surface area contributed by atoms with Crippen molar-refractivity contribution in [3.63, 3.8) is 0 Å². The normalized spacial score (nSPS) is 32.9. The average molecular weight is 487 g/mol. The van der Waals surface area contributed by atoms with Gasteiger partial charge in [0.25, 0.3) is 0 Å². The van der Waals surface area contributed by atoms with Crippen LogP contribution in [-0.2, 0) is 42.8 Å². The molecule has 188 valence electrons. The molecule has 0 saturated carbocycles. The van der Waals surface area contributed by atoms with Crippen LogP contribution < -0.4 is 11.4 Å². The molecule has 13 nitrogen and oxygen atoms in total. The molecular formula is C20H26FN3O10. The molecule has 2 aliphatic heterocycles. The fraction of sp³-hybridized carbons (Fsp3) is 0.650. The van der Waals surface area contributed by atoms with Gasteiger partial charge in [-0.3, -0.25) is 19.0 Å². The second-order valence-corrected chi connectivity index (χ2v) is 7.93. The molecular weight excluding hydrogens is 461 g/mol. The van der Waals surface area contributed by atoms with Crippen molar-refractivity contribution < 1.29 is 47.2 Å². The molecule has 2 N–H and O–H groups in total. The van der Waals surface area contributed by atoms with Crippen molar-refractivity contribution in [1.82, 2.24) is 9.55 Å². The number of nitrogens with zero attached hydrogens (tertiary/aromatic N) is 2. The first-order valence-electron chi connectivity index (χ1n) is 10.4. The smallest absolute Gasteiger partial charge is 0.351 e. The maximum Gasteiger partial charge on any atom is 0.351 e. The maximum absolute atomic E-state index is 14.0. The van der Waals surface area contributed by atoms with Gasteiger partial charge in [0, 0.05) is 20.8 Å². The van der Waals surface area contributed by atoms with Gasteiger partial charge in [0.1, 0.15) is 6.10 Å². The molecule has 34 heavy (non-hydrogen) atoms. The van der Waals surface area contributed by atoms with Gasteiger partial charge in [0.05, 0.1) is 18.4 Å². The van der Waals surface area contributed by atoms with Crippen molar-refractivity contribution in [3.8, 4) is 0 Å². The van der Waals surface area contributed by atoms with Gasteiger partial charge in [-0.1, -0.05) is 0 Å². The number of ether oxygens (including phenoxy) is 6. The minimum atomic E-state index is -1.31. The molecule has 3 rings (SSSR count). The van der Waals surface area contributed by atoms with E-state index in [2.05, 4.69) is 4.98 Å². The Labute approximate surface area is 193 Å². The Morgan fingerprint density at radius 1 is 0.941 bits per heavy atom. The lowest BCUT2D eigenvalue weighted by Crippen LogP contribution is -2.45. The lowest BCUT2D eigenvalue weighted by atomic mass is 10.1. The van der Waals surface area contributed by atoms with E-state index in [0.717, 1.165) is 17.7 Å². The number of nitrogens with two attached hydrogens (primary N) is 1. The van der Waals surface area contributed by atoms with Crippen molar-refractivity contribution in [2.75, 3.05) is 5.73 Å². The Morgan fingerprint density at radius 3 is 2.06 bits per heavy atom. The van der Waals surface area contributed by atoms with E-state index in [9.17, 15) is 23.6 Å². The zero-order valence-corrected chi connectivity index (χ0v) is 19.1. The third-order valence-corrected chi connectivity index (χ3v) is 5.23. The summed E-state index contributed by atoms with van der Waals surface area (Å²) in [4.78, 5) is 50.7. The van der Waals surface area contributed by atoms with E-state index in [1.54, 1.807) is 13.8 Å². The van der Waals surface area contributed by atoms with Crippen molar-refractivity contribution in [1.29, 1.82) is 0 Å². The Morgan fingerprint density at radius 2 is 1.47 bits per heavy atom. The number of carbonyl (C=O) groups is 3. The van der Waals surface area contributed by atoms with E-state index >= 15 is 0 Å². The fourth-order valence-corrected chi connectivity index (χ4v) is 3.89. The Kier molecular flexibility index (Phi) is 7.53. The van der Waals surface area contributed by atoms with Crippen LogP contribution in [0, 0.1) is 5.82 Å². The van der Waals surface area contributed by atoms with E-state index < -0.39 is 84.4 Å². The second kappa shape index (κ2) is 10.0. The largest absolute Gasteiger partial charge is 0.456 e. The maximum atomic E-state index is 14.0. The summed E-state index contributed by atoms with van der Waals surface area (Å²) >= 11 is 0. The van der Waals surface area contributed by atoms with Gasteiger partial charge in [-0.05, 0) is 13.8 Å². The molecule has 2 fully saturated rings. The van der Waals surface area contributed by atoms with Crippen molar-refractivity contribution in [2.24, 2.45) is 0 Å². The predicted molar refractivity (Wildman–Crippen MR) is 108 cm³/mol. The first kappa shape index (κ1) is 25.5. The third-order valence-electron chi connectivity index (χ3n) is 5.23. The topological polar surface area (TPSA) is 168 Å². The summed E-state index contributed by atoms with van der Waals surface area (Å²) in [5.74, 6) is -3.60. The summed E-state index contributed by atoms with van der Waals surface area (Å²) in [6.07, 6.45) is -7.71. The van der Waals surface area contributed by atoms with E-state index in [-0.39, 0.29) is 0 Å². The van der Waals surface area contributed by atoms with Crippen LogP contribution in [-0.4, -0.2) is 70.4 Å². The summed E-state index contributed by atoms with van der Waals surface area (Å²) in [6, 6.07) is 0. The van der Waals surface area contributed by atoms with Crippen LogP contribution in [0.4, 0.5) is 10.2 Å². The molecule has 0 radical (unpaired) electrons. The van der Waals surface area contributed by atoms with Crippen LogP contribution in [0.25, 0.3) is 0 Å². The van der Waals surface area contributed by atoms with Crippen molar-refractivity contribution in [2.45, 2.75) is 83.8 Å². The van der Waals surface area contributed by atoms with Crippen LogP contribution in [0.1, 0.15) is 40.8 Å². The minimum Gasteiger partial charge on any atom is -0.456 e. The highest BCUT2D eigenvalue weighted by Gasteiger charge is 2.54. The first-order valence-corrected chi connectivity index (χ1v) is 10.4. The number of esters is 3. The van der Waals surface area contributed by atoms with Gasteiger partial charge in [-0.25, -0.2) is 9.18 Å². The zero-order valence-electron chi connectivity index (χ0n) is 19.1. The summed E-state index contributed by atoms with van der Waals surface area (Å²) < 4.78 is 48.2. The van der Waals surface area contributed by atoms with Crippen LogP contribution in [0.15, 0.2) is 11.0 Å². The van der Waals surface area contributed by atoms with E-state index in [0.29, 0.717) is 0 Å². The molecule has 2 saturated heterocycles. The lowest BCUT2D eigenvalue weighted by molar-refractivity contribution is -0.220. The van der Waals surface area contributed by atoms with Crippen molar-refractivity contribution >= 4 is 23.7 Å². The van der Waals surface area contributed by atoms with Gasteiger partial charge in [-0.15, -0.1) is 0 Å². The van der Waals surface area contributed by atoms with Gasteiger partial charge in [0.15, 0.2) is 42.5 Å². The van der Waals surface area contributed by atoms with E-state index in [4.69, 9.17) is 34.2 Å². The first-order chi connectivity index (χ1) is 15.9. The molecule has 1 aromatic heterocycles. The molecule has 0 aromatic carbocycles. The summed E-state index contributed by atoms with van der Waals surface area (Å²) in [7, 11) is 0. The fourth-order valence-electron chi connectivity index (χ4n) is 3.89. The number of rotatable bonds is 6. The van der Waals surface area contributed by atoms with Crippen LogP contribution in [0.2, 0.25) is 0 Å². The second-order valence-electron chi connectivity index (χ2n) is 7.93. The van der Waals surface area contributed by atoms with E-state index in [1.165, 1.54) is 13.8 Å². The number of aromatic nitrogens is 2. The number of anilines is 1. The minimum absolute atomic E-state index is 0.599. The summed E-state index contributed by atoms with van der Waals surface area (Å²) in [5, 5.41) is 0. The molecule has 14 heteroatoms. The number of halogens is 1. The summed E-state index contributed by atoms with van der Waals surface area (Å²) in [6.45, 7) is 6.65. The van der Waals surface area contributed by atoms with Crippen LogP contribution in [0.3, 0.4) is 0 Å². The molecule has 0 spiro atoms. The Bertz CT molecular complexity index is 1020. The average Bonchev–Trinajstić information content (AvgIpc) is 3.15. The standard InChI is InChI=1S/C20H26FN3O10/c1-7-13(34-19-16(33-11(5)27)14(8(2)30-19)31-9(3)25)15(32-10(4)26)18(29-7)24-6-12(21)17(22)23-20(24)28/h6-8,13-16,18-19H,1-5H3,(H2,22,23,28)/t7-,8?,13-,14-,15-,16-,18-,19+/m1/s1. The quantitative estimate of drug-likeness (QED) is 0.415. The molecule has 3 heterocycles. The van der Waals surface area contributed by atoms with Gasteiger partial charge < -0.3 is 34.2 Å². The van der Waals surface area contributed by atoms with Gasteiger partial charge in [-0.2, -0.15) is 4.98 Å². The molecule has 8 atom stereocenters. The highest BCUT2D eigenvalue weighted by molar-refractivity contribution is 5.67. The summed E-state index contributed by atoms with van der Waals surface area (Å²) in [5.41, 5.74) is 4.40. The monoisotopic (exact) mass is 487 g/mol. The molecule has 1 unspecified atom stereocenters. The number of nitrogen functional groups attached to an aromatic ring is 1. The SMILES string of the molecule is CC(=O)O[C@@H]1[C@H](O[C@@H]2OC(C)[C@@H](OC(C)=O)[C@H]2OC(C)=O)[C@@H](C)O[C@H]1n1cc(F)c(N)nc1=O. The number of hydrogen-bond acceptors (Lipinski definition) is 12. The number of carbonyl (C=O) groups excluding carboxylic acids is 3. The lowest BCUT2D eigenvalue weighted by Gasteiger charge is -2.28. The van der Waals surface area contributed by atoms with Crippen LogP contribution in [0.5, 0.6) is 0 Å². The predicted octanol–water partition coefficient (Wildman–Crippen LogP) is -0.193. The van der Waals surface area contributed by atoms with E-state index in [1.807, 2.05) is 0 Å². The highest BCUT2D eigenvalue weighted by atomic mass is 19.1. The molecule has 2 aliphatic rings. The zero-order chi connectivity index (χ0) is 25.3. The highest BCUT2D eigenvalue weighted by Crippen LogP contribution is 2.37. The molecule has 0 aliphatic carbocycles. The van der Waals surface area contributed by atoms with Crippen LogP contribution >= 0.6 is 0 Å². The van der Waals surface area contributed by atoms with Gasteiger partial charge >= 0.3 is 23.6 Å². The molecule has 0 amide bonds. The number of hydrogen-bond donors (Lipinski definition) is 1.